The molecule has 2 aromatic heterocycles. The molecule has 0 aliphatic carbocycles. The van der Waals surface area contributed by atoms with Crippen LogP contribution in [0.25, 0.3) is 0 Å². The first-order valence-electron chi connectivity index (χ1n) is 8.33. The van der Waals surface area contributed by atoms with Gasteiger partial charge in [-0.2, -0.15) is 0 Å². The molecule has 6 nitrogen and oxygen atoms in total. The second-order valence-corrected chi connectivity index (χ2v) is 6.98. The van der Waals surface area contributed by atoms with Crippen molar-refractivity contribution in [2.45, 2.75) is 18.9 Å². The standard InChI is InChI=1S/C17H20N4O2S/c22-17(14-4-3-11-24-14)21-9-10-23-12-13(21)16-18-6-5-15(19-16)20-7-1-2-8-20/h3-6,11,13H,1-2,7-10,12H2/t13-/m0/s1. The molecule has 0 radical (unpaired) electrons. The first kappa shape index (κ1) is 15.5. The van der Waals surface area contributed by atoms with Crippen molar-refractivity contribution in [3.8, 4) is 0 Å². The Labute approximate surface area is 145 Å². The molecule has 2 aliphatic heterocycles. The predicted molar refractivity (Wildman–Crippen MR) is 92.4 cm³/mol. The summed E-state index contributed by atoms with van der Waals surface area (Å²) in [5, 5.41) is 1.92. The number of morpholine rings is 1. The maximum absolute atomic E-state index is 12.8. The number of amides is 1. The number of nitrogens with zero attached hydrogens (tertiary/aromatic N) is 4. The van der Waals surface area contributed by atoms with Crippen LogP contribution < -0.4 is 4.90 Å². The highest BCUT2D eigenvalue weighted by Crippen LogP contribution is 2.26. The fraction of sp³-hybridized carbons (Fsp3) is 0.471. The third kappa shape index (κ3) is 3.01. The van der Waals surface area contributed by atoms with E-state index in [2.05, 4.69) is 9.88 Å². The van der Waals surface area contributed by atoms with Crippen LogP contribution in [-0.2, 0) is 4.74 Å². The van der Waals surface area contributed by atoms with E-state index in [-0.39, 0.29) is 11.9 Å². The zero-order valence-electron chi connectivity index (χ0n) is 13.4. The molecule has 1 amide bonds. The lowest BCUT2D eigenvalue weighted by molar-refractivity contribution is -0.00494. The fourth-order valence-corrected chi connectivity index (χ4v) is 3.93. The smallest absolute Gasteiger partial charge is 0.264 e. The molecule has 0 saturated carbocycles. The monoisotopic (exact) mass is 344 g/mol. The molecular weight excluding hydrogens is 324 g/mol. The molecule has 2 aromatic rings. The van der Waals surface area contributed by atoms with Gasteiger partial charge in [-0.15, -0.1) is 11.3 Å². The average molecular weight is 344 g/mol. The molecule has 0 unspecified atom stereocenters. The summed E-state index contributed by atoms with van der Waals surface area (Å²) in [6, 6.07) is 5.49. The van der Waals surface area contributed by atoms with Crippen LogP contribution >= 0.6 is 11.3 Å². The Kier molecular flexibility index (Phi) is 4.44. The number of carbonyl (C=O) groups excluding carboxylic acids is 1. The molecule has 7 heteroatoms. The summed E-state index contributed by atoms with van der Waals surface area (Å²) >= 11 is 1.46. The molecule has 4 rings (SSSR count). The summed E-state index contributed by atoms with van der Waals surface area (Å²) in [5.41, 5.74) is 0. The topological polar surface area (TPSA) is 58.6 Å². The zero-order valence-corrected chi connectivity index (χ0v) is 14.2. The molecule has 4 heterocycles. The third-order valence-corrected chi connectivity index (χ3v) is 5.37. The van der Waals surface area contributed by atoms with Gasteiger partial charge in [0.1, 0.15) is 11.9 Å². The minimum Gasteiger partial charge on any atom is -0.377 e. The maximum atomic E-state index is 12.8. The lowest BCUT2D eigenvalue weighted by Crippen LogP contribution is -2.44. The second kappa shape index (κ2) is 6.86. The Morgan fingerprint density at radius 2 is 2.12 bits per heavy atom. The summed E-state index contributed by atoms with van der Waals surface area (Å²) in [5.74, 6) is 1.66. The van der Waals surface area contributed by atoms with Crippen molar-refractivity contribution in [3.63, 3.8) is 0 Å². The fourth-order valence-electron chi connectivity index (χ4n) is 3.25. The molecule has 0 spiro atoms. The van der Waals surface area contributed by atoms with Gasteiger partial charge in [0.2, 0.25) is 0 Å². The lowest BCUT2D eigenvalue weighted by atomic mass is 10.2. The molecule has 0 bridgehead atoms. The average Bonchev–Trinajstić information content (AvgIpc) is 3.35. The maximum Gasteiger partial charge on any atom is 0.264 e. The van der Waals surface area contributed by atoms with Crippen LogP contribution in [0.15, 0.2) is 29.8 Å². The third-order valence-electron chi connectivity index (χ3n) is 4.51. The van der Waals surface area contributed by atoms with Gasteiger partial charge in [-0.3, -0.25) is 4.79 Å². The molecule has 2 aliphatic rings. The molecule has 2 saturated heterocycles. The van der Waals surface area contributed by atoms with Crippen molar-refractivity contribution in [1.82, 2.24) is 14.9 Å². The second-order valence-electron chi connectivity index (χ2n) is 6.03. The van der Waals surface area contributed by atoms with Gasteiger partial charge in [0.05, 0.1) is 18.1 Å². The Bertz CT molecular complexity index is 700. The van der Waals surface area contributed by atoms with E-state index in [1.54, 1.807) is 6.20 Å². The van der Waals surface area contributed by atoms with Crippen molar-refractivity contribution in [2.75, 3.05) is 37.7 Å². The van der Waals surface area contributed by atoms with Crippen LogP contribution in [0, 0.1) is 0 Å². The Morgan fingerprint density at radius 1 is 1.25 bits per heavy atom. The van der Waals surface area contributed by atoms with Gasteiger partial charge in [0, 0.05) is 25.8 Å². The van der Waals surface area contributed by atoms with E-state index in [9.17, 15) is 4.79 Å². The van der Waals surface area contributed by atoms with Crippen LogP contribution in [0.4, 0.5) is 5.82 Å². The summed E-state index contributed by atoms with van der Waals surface area (Å²) in [7, 11) is 0. The van der Waals surface area contributed by atoms with Crippen LogP contribution in [-0.4, -0.2) is 53.6 Å². The molecular formula is C17H20N4O2S. The van der Waals surface area contributed by atoms with E-state index in [0.717, 1.165) is 23.8 Å². The van der Waals surface area contributed by atoms with Crippen LogP contribution in [0.5, 0.6) is 0 Å². The first-order valence-corrected chi connectivity index (χ1v) is 9.21. The highest BCUT2D eigenvalue weighted by atomic mass is 32.1. The molecule has 0 aromatic carbocycles. The van der Waals surface area contributed by atoms with Crippen molar-refractivity contribution < 1.29 is 9.53 Å². The molecule has 0 N–H and O–H groups in total. The largest absolute Gasteiger partial charge is 0.377 e. The highest BCUT2D eigenvalue weighted by Gasteiger charge is 2.32. The van der Waals surface area contributed by atoms with Gasteiger partial charge in [-0.05, 0) is 30.4 Å². The number of aromatic nitrogens is 2. The van der Waals surface area contributed by atoms with Crippen molar-refractivity contribution >= 4 is 23.1 Å². The molecule has 126 valence electrons. The summed E-state index contributed by atoms with van der Waals surface area (Å²) in [6.07, 6.45) is 4.20. The first-order chi connectivity index (χ1) is 11.8. The number of rotatable bonds is 3. The number of carbonyl (C=O) groups is 1. The number of hydrogen-bond donors (Lipinski definition) is 0. The van der Waals surface area contributed by atoms with Gasteiger partial charge in [-0.1, -0.05) is 6.07 Å². The summed E-state index contributed by atoms with van der Waals surface area (Å²) in [6.45, 7) is 3.64. The van der Waals surface area contributed by atoms with Gasteiger partial charge >= 0.3 is 0 Å². The number of thiophene rings is 1. The van der Waals surface area contributed by atoms with Crippen molar-refractivity contribution in [1.29, 1.82) is 0 Å². The normalized spacial score (nSPS) is 21.2. The minimum atomic E-state index is -0.226. The van der Waals surface area contributed by atoms with E-state index in [1.165, 1.54) is 24.2 Å². The zero-order chi connectivity index (χ0) is 16.4. The van der Waals surface area contributed by atoms with Crippen LogP contribution in [0.3, 0.4) is 0 Å². The minimum absolute atomic E-state index is 0.0356. The van der Waals surface area contributed by atoms with Gasteiger partial charge < -0.3 is 14.5 Å². The lowest BCUT2D eigenvalue weighted by Gasteiger charge is -2.34. The van der Waals surface area contributed by atoms with E-state index < -0.39 is 0 Å². The van der Waals surface area contributed by atoms with E-state index in [1.807, 2.05) is 28.5 Å². The number of anilines is 1. The van der Waals surface area contributed by atoms with Gasteiger partial charge in [0.25, 0.3) is 5.91 Å². The van der Waals surface area contributed by atoms with Crippen molar-refractivity contribution in [3.05, 3.63) is 40.5 Å². The quantitative estimate of drug-likeness (QED) is 0.855. The van der Waals surface area contributed by atoms with E-state index in [0.29, 0.717) is 25.6 Å². The Morgan fingerprint density at radius 3 is 2.92 bits per heavy atom. The summed E-state index contributed by atoms with van der Waals surface area (Å²) < 4.78 is 5.62. The van der Waals surface area contributed by atoms with Crippen LogP contribution in [0.1, 0.15) is 34.4 Å². The molecule has 24 heavy (non-hydrogen) atoms. The Hall–Kier alpha value is -1.99. The van der Waals surface area contributed by atoms with E-state index in [4.69, 9.17) is 9.72 Å². The number of hydrogen-bond acceptors (Lipinski definition) is 6. The molecule has 1 atom stereocenters. The SMILES string of the molecule is O=C(c1cccs1)N1CCOC[C@H]1c1nccc(N2CCCC2)n1. The molecule has 2 fully saturated rings. The van der Waals surface area contributed by atoms with Crippen molar-refractivity contribution in [2.24, 2.45) is 0 Å². The highest BCUT2D eigenvalue weighted by molar-refractivity contribution is 7.12. The number of ether oxygens (including phenoxy) is 1. The summed E-state index contributed by atoms with van der Waals surface area (Å²) in [4.78, 5) is 26.8. The van der Waals surface area contributed by atoms with Gasteiger partial charge in [-0.25, -0.2) is 9.97 Å². The Balaban J connectivity index is 1.60. The predicted octanol–water partition coefficient (Wildman–Crippen LogP) is 2.35. The van der Waals surface area contributed by atoms with E-state index >= 15 is 0 Å². The van der Waals surface area contributed by atoms with Gasteiger partial charge in [0.15, 0.2) is 5.82 Å². The van der Waals surface area contributed by atoms with Crippen LogP contribution in [0.2, 0.25) is 0 Å².